The van der Waals surface area contributed by atoms with Crippen molar-refractivity contribution in [1.82, 2.24) is 24.6 Å². The molecule has 0 fully saturated rings. The first-order valence-electron chi connectivity index (χ1n) is 6.99. The average molecular weight is 261 g/mol. The van der Waals surface area contributed by atoms with Crippen LogP contribution in [-0.4, -0.2) is 25.9 Å². The molecule has 0 saturated heterocycles. The van der Waals surface area contributed by atoms with E-state index >= 15 is 0 Å². The van der Waals surface area contributed by atoms with Crippen molar-refractivity contribution in [3.05, 3.63) is 36.2 Å². The first-order valence-corrected chi connectivity index (χ1v) is 6.99. The molecule has 1 N–H and O–H groups in total. The van der Waals surface area contributed by atoms with E-state index in [2.05, 4.69) is 44.6 Å². The summed E-state index contributed by atoms with van der Waals surface area (Å²) >= 11 is 0. The van der Waals surface area contributed by atoms with Gasteiger partial charge >= 0.3 is 0 Å². The number of hydrogen-bond acceptors (Lipinski definition) is 3. The molecule has 0 amide bonds. The summed E-state index contributed by atoms with van der Waals surface area (Å²) in [5, 5.41) is 8.01. The molecule has 2 aromatic heterocycles. The van der Waals surface area contributed by atoms with E-state index in [0.717, 1.165) is 25.9 Å². The minimum Gasteiger partial charge on any atom is -0.336 e. The van der Waals surface area contributed by atoms with Crippen molar-refractivity contribution < 1.29 is 0 Å². The first-order chi connectivity index (χ1) is 9.27. The van der Waals surface area contributed by atoms with Crippen LogP contribution in [0.5, 0.6) is 0 Å². The molecule has 0 bridgehead atoms. The van der Waals surface area contributed by atoms with E-state index in [1.165, 1.54) is 11.4 Å². The predicted octanol–water partition coefficient (Wildman–Crippen LogP) is 2.12. The highest BCUT2D eigenvalue weighted by Gasteiger charge is 2.20. The molecule has 19 heavy (non-hydrogen) atoms. The standard InChI is InChI=1S/C14H23N5/c1-4-7-16-14(13-10-15-11-18(13)3)12-6-8-17-19(12)9-5-2/h6,8,10-11,14,16H,4-5,7,9H2,1-3H3. The molecule has 5 heteroatoms. The Hall–Kier alpha value is -1.62. The maximum absolute atomic E-state index is 4.42. The minimum absolute atomic E-state index is 0.154. The quantitative estimate of drug-likeness (QED) is 0.830. The van der Waals surface area contributed by atoms with Gasteiger partial charge in [-0.05, 0) is 25.5 Å². The van der Waals surface area contributed by atoms with Crippen LogP contribution in [0.2, 0.25) is 0 Å². The molecule has 1 unspecified atom stereocenters. The van der Waals surface area contributed by atoms with Crippen LogP contribution in [0.4, 0.5) is 0 Å². The zero-order chi connectivity index (χ0) is 13.7. The molecule has 0 saturated carbocycles. The van der Waals surface area contributed by atoms with Crippen LogP contribution in [-0.2, 0) is 13.6 Å². The number of nitrogens with one attached hydrogen (secondary N) is 1. The van der Waals surface area contributed by atoms with Crippen LogP contribution in [0.15, 0.2) is 24.8 Å². The smallest absolute Gasteiger partial charge is 0.0946 e. The lowest BCUT2D eigenvalue weighted by molar-refractivity contribution is 0.497. The second-order valence-electron chi connectivity index (χ2n) is 4.80. The Balaban J connectivity index is 2.31. The predicted molar refractivity (Wildman–Crippen MR) is 75.9 cm³/mol. The third kappa shape index (κ3) is 3.04. The summed E-state index contributed by atoms with van der Waals surface area (Å²) in [7, 11) is 2.03. The van der Waals surface area contributed by atoms with Gasteiger partial charge in [-0.1, -0.05) is 13.8 Å². The Labute approximate surface area is 114 Å². The van der Waals surface area contributed by atoms with Crippen molar-refractivity contribution in [3.8, 4) is 0 Å². The number of aryl methyl sites for hydroxylation is 2. The van der Waals surface area contributed by atoms with Crippen LogP contribution >= 0.6 is 0 Å². The molecule has 1 atom stereocenters. The van der Waals surface area contributed by atoms with E-state index in [0.29, 0.717) is 0 Å². The van der Waals surface area contributed by atoms with E-state index in [9.17, 15) is 0 Å². The molecule has 2 heterocycles. The summed E-state index contributed by atoms with van der Waals surface area (Å²) in [6.07, 6.45) is 7.84. The fourth-order valence-corrected chi connectivity index (χ4v) is 2.28. The lowest BCUT2D eigenvalue weighted by Crippen LogP contribution is -2.27. The largest absolute Gasteiger partial charge is 0.336 e. The van der Waals surface area contributed by atoms with Gasteiger partial charge < -0.3 is 9.88 Å². The maximum atomic E-state index is 4.42. The molecule has 0 aliphatic carbocycles. The van der Waals surface area contributed by atoms with E-state index in [1.54, 1.807) is 0 Å². The zero-order valence-corrected chi connectivity index (χ0v) is 12.0. The van der Waals surface area contributed by atoms with Crippen molar-refractivity contribution in [3.63, 3.8) is 0 Å². The molecule has 0 aliphatic rings. The summed E-state index contributed by atoms with van der Waals surface area (Å²) in [6, 6.07) is 2.25. The fourth-order valence-electron chi connectivity index (χ4n) is 2.28. The van der Waals surface area contributed by atoms with Crippen molar-refractivity contribution >= 4 is 0 Å². The Morgan fingerprint density at radius 1 is 1.26 bits per heavy atom. The lowest BCUT2D eigenvalue weighted by atomic mass is 10.1. The monoisotopic (exact) mass is 261 g/mol. The Morgan fingerprint density at radius 3 is 2.74 bits per heavy atom. The molecule has 2 aromatic rings. The van der Waals surface area contributed by atoms with Gasteiger partial charge in [-0.3, -0.25) is 4.68 Å². The van der Waals surface area contributed by atoms with Gasteiger partial charge in [0.25, 0.3) is 0 Å². The third-order valence-corrected chi connectivity index (χ3v) is 3.23. The van der Waals surface area contributed by atoms with Crippen LogP contribution < -0.4 is 5.32 Å². The molecule has 2 rings (SSSR count). The molecule has 0 aromatic carbocycles. The summed E-state index contributed by atoms with van der Waals surface area (Å²) in [4.78, 5) is 4.23. The molecule has 104 valence electrons. The second-order valence-corrected chi connectivity index (χ2v) is 4.80. The number of nitrogens with zero attached hydrogens (tertiary/aromatic N) is 4. The molecule has 0 radical (unpaired) electrons. The Kier molecular flexibility index (Phi) is 4.74. The summed E-state index contributed by atoms with van der Waals surface area (Å²) < 4.78 is 4.15. The van der Waals surface area contributed by atoms with Gasteiger partial charge in [0.2, 0.25) is 0 Å². The van der Waals surface area contributed by atoms with Crippen molar-refractivity contribution in [2.75, 3.05) is 6.54 Å². The second kappa shape index (κ2) is 6.52. The van der Waals surface area contributed by atoms with Crippen molar-refractivity contribution in [2.45, 2.75) is 39.3 Å². The van der Waals surface area contributed by atoms with Gasteiger partial charge in [-0.2, -0.15) is 5.10 Å². The van der Waals surface area contributed by atoms with Gasteiger partial charge in [-0.25, -0.2) is 4.98 Å². The van der Waals surface area contributed by atoms with E-state index in [1.807, 2.05) is 25.8 Å². The normalized spacial score (nSPS) is 12.8. The van der Waals surface area contributed by atoms with Gasteiger partial charge in [0.15, 0.2) is 0 Å². The number of rotatable bonds is 7. The van der Waals surface area contributed by atoms with E-state index in [-0.39, 0.29) is 6.04 Å². The van der Waals surface area contributed by atoms with Crippen LogP contribution in [0, 0.1) is 0 Å². The third-order valence-electron chi connectivity index (χ3n) is 3.23. The van der Waals surface area contributed by atoms with Crippen molar-refractivity contribution in [2.24, 2.45) is 7.05 Å². The Morgan fingerprint density at radius 2 is 2.11 bits per heavy atom. The summed E-state index contributed by atoms with van der Waals surface area (Å²) in [5.74, 6) is 0. The zero-order valence-electron chi connectivity index (χ0n) is 12.0. The van der Waals surface area contributed by atoms with Crippen molar-refractivity contribution in [1.29, 1.82) is 0 Å². The Bertz CT molecular complexity index is 499. The lowest BCUT2D eigenvalue weighted by Gasteiger charge is -2.20. The molecule has 0 spiro atoms. The molecular formula is C14H23N5. The average Bonchev–Trinajstić information content (AvgIpc) is 3.01. The SMILES string of the molecule is CCCNC(c1cncn1C)c1ccnn1CCC. The molecular weight excluding hydrogens is 238 g/mol. The highest BCUT2D eigenvalue weighted by atomic mass is 15.3. The van der Waals surface area contributed by atoms with Gasteiger partial charge in [0.1, 0.15) is 0 Å². The first kappa shape index (κ1) is 13.8. The van der Waals surface area contributed by atoms with Gasteiger partial charge in [-0.15, -0.1) is 0 Å². The molecule has 5 nitrogen and oxygen atoms in total. The summed E-state index contributed by atoms with van der Waals surface area (Å²) in [6.45, 7) is 6.28. The fraction of sp³-hybridized carbons (Fsp3) is 0.571. The van der Waals surface area contributed by atoms with Crippen LogP contribution in [0.3, 0.4) is 0 Å². The number of aromatic nitrogens is 4. The van der Waals surface area contributed by atoms with E-state index in [4.69, 9.17) is 0 Å². The maximum Gasteiger partial charge on any atom is 0.0946 e. The highest BCUT2D eigenvalue weighted by Crippen LogP contribution is 2.21. The van der Waals surface area contributed by atoms with Gasteiger partial charge in [0, 0.05) is 19.8 Å². The number of hydrogen-bond donors (Lipinski definition) is 1. The van der Waals surface area contributed by atoms with Crippen LogP contribution in [0.25, 0.3) is 0 Å². The topological polar surface area (TPSA) is 47.7 Å². The molecule has 0 aliphatic heterocycles. The van der Waals surface area contributed by atoms with Gasteiger partial charge in [0.05, 0.1) is 30.0 Å². The summed E-state index contributed by atoms with van der Waals surface area (Å²) in [5.41, 5.74) is 2.38. The highest BCUT2D eigenvalue weighted by molar-refractivity contribution is 5.20. The van der Waals surface area contributed by atoms with Crippen LogP contribution in [0.1, 0.15) is 44.1 Å². The minimum atomic E-state index is 0.154. The van der Waals surface area contributed by atoms with E-state index < -0.39 is 0 Å². The number of imidazole rings is 1.